The van der Waals surface area contributed by atoms with Gasteiger partial charge in [-0.25, -0.2) is 0 Å². The maximum Gasteiger partial charge on any atom is 0.0739 e. The van der Waals surface area contributed by atoms with Crippen molar-refractivity contribution >= 4 is 23.0 Å². The van der Waals surface area contributed by atoms with E-state index < -0.39 is 0 Å². The van der Waals surface area contributed by atoms with Gasteiger partial charge in [-0.2, -0.15) is 0 Å². The zero-order valence-electron chi connectivity index (χ0n) is 7.82. The van der Waals surface area contributed by atoms with Crippen LogP contribution in [0.3, 0.4) is 0 Å². The molecule has 0 fully saturated rings. The van der Waals surface area contributed by atoms with Crippen molar-refractivity contribution in [3.05, 3.63) is 22.7 Å². The van der Waals surface area contributed by atoms with E-state index in [0.717, 1.165) is 17.8 Å². The summed E-state index contributed by atoms with van der Waals surface area (Å²) < 4.78 is 0. The Morgan fingerprint density at radius 2 is 2.08 bits per heavy atom. The fraction of sp³-hybridized carbons (Fsp3) is 0.333. The van der Waals surface area contributed by atoms with Crippen molar-refractivity contribution in [2.75, 3.05) is 25.1 Å². The second-order valence-corrected chi connectivity index (χ2v) is 3.23. The zero-order chi connectivity index (χ0) is 9.84. The van der Waals surface area contributed by atoms with Crippen molar-refractivity contribution in [2.24, 2.45) is 0 Å². The lowest BCUT2D eigenvalue weighted by molar-refractivity contribution is 0.818. The molecule has 13 heavy (non-hydrogen) atoms. The van der Waals surface area contributed by atoms with Gasteiger partial charge in [-0.3, -0.25) is 0 Å². The molecular weight excluding hydrogens is 186 g/mol. The van der Waals surface area contributed by atoms with Gasteiger partial charge in [0.1, 0.15) is 0 Å². The second-order valence-electron chi connectivity index (χ2n) is 2.82. The Balaban J connectivity index is 3.06. The van der Waals surface area contributed by atoms with Crippen LogP contribution in [0.5, 0.6) is 0 Å². The lowest BCUT2D eigenvalue weighted by Gasteiger charge is -2.09. The number of anilines is 2. The van der Waals surface area contributed by atoms with E-state index in [1.807, 2.05) is 26.2 Å². The highest BCUT2D eigenvalue weighted by atomic mass is 35.5. The smallest absolute Gasteiger partial charge is 0.0739 e. The molecule has 0 atom stereocenters. The molecule has 0 spiro atoms. The molecule has 0 bridgehead atoms. The SMILES string of the molecule is CNCc1cc(Cl)c(N)c(NC)c1. The van der Waals surface area contributed by atoms with Crippen molar-refractivity contribution in [3.8, 4) is 0 Å². The molecule has 0 unspecified atom stereocenters. The van der Waals surface area contributed by atoms with Gasteiger partial charge < -0.3 is 16.4 Å². The maximum absolute atomic E-state index is 5.94. The lowest BCUT2D eigenvalue weighted by atomic mass is 10.1. The Hall–Kier alpha value is -0.930. The zero-order valence-corrected chi connectivity index (χ0v) is 8.57. The fourth-order valence-corrected chi connectivity index (χ4v) is 1.43. The molecule has 3 nitrogen and oxygen atoms in total. The monoisotopic (exact) mass is 199 g/mol. The summed E-state index contributed by atoms with van der Waals surface area (Å²) >= 11 is 5.94. The number of nitrogens with two attached hydrogens (primary N) is 1. The minimum absolute atomic E-state index is 0.595. The number of hydrogen-bond acceptors (Lipinski definition) is 3. The normalized spacial score (nSPS) is 10.1. The molecule has 0 radical (unpaired) electrons. The third-order valence-corrected chi connectivity index (χ3v) is 2.15. The Kier molecular flexibility index (Phi) is 3.39. The van der Waals surface area contributed by atoms with Crippen LogP contribution in [0.4, 0.5) is 11.4 Å². The highest BCUT2D eigenvalue weighted by Crippen LogP contribution is 2.28. The van der Waals surface area contributed by atoms with Crippen molar-refractivity contribution in [3.63, 3.8) is 0 Å². The summed E-state index contributed by atoms with van der Waals surface area (Å²) in [6.45, 7) is 0.786. The van der Waals surface area contributed by atoms with Crippen molar-refractivity contribution in [1.82, 2.24) is 5.32 Å². The van der Waals surface area contributed by atoms with Gasteiger partial charge in [0.15, 0.2) is 0 Å². The summed E-state index contributed by atoms with van der Waals surface area (Å²) in [4.78, 5) is 0. The summed E-state index contributed by atoms with van der Waals surface area (Å²) in [6, 6.07) is 3.85. The minimum Gasteiger partial charge on any atom is -0.396 e. The van der Waals surface area contributed by atoms with Gasteiger partial charge in [0.2, 0.25) is 0 Å². The second kappa shape index (κ2) is 4.35. The van der Waals surface area contributed by atoms with Gasteiger partial charge in [0.05, 0.1) is 16.4 Å². The molecule has 0 heterocycles. The molecule has 0 aromatic heterocycles. The van der Waals surface area contributed by atoms with E-state index >= 15 is 0 Å². The molecule has 4 N–H and O–H groups in total. The van der Waals surface area contributed by atoms with Gasteiger partial charge >= 0.3 is 0 Å². The van der Waals surface area contributed by atoms with Gasteiger partial charge in [0.25, 0.3) is 0 Å². The van der Waals surface area contributed by atoms with E-state index in [-0.39, 0.29) is 0 Å². The van der Waals surface area contributed by atoms with E-state index in [1.165, 1.54) is 0 Å². The molecule has 0 aliphatic carbocycles. The molecule has 1 rings (SSSR count). The van der Waals surface area contributed by atoms with Crippen LogP contribution in [-0.2, 0) is 6.54 Å². The van der Waals surface area contributed by atoms with Crippen LogP contribution in [-0.4, -0.2) is 14.1 Å². The van der Waals surface area contributed by atoms with Gasteiger partial charge in [-0.05, 0) is 24.7 Å². The summed E-state index contributed by atoms with van der Waals surface area (Å²) in [5.74, 6) is 0. The topological polar surface area (TPSA) is 50.1 Å². The first-order valence-corrected chi connectivity index (χ1v) is 4.47. The fourth-order valence-electron chi connectivity index (χ4n) is 1.19. The number of rotatable bonds is 3. The van der Waals surface area contributed by atoms with Crippen LogP contribution in [0.1, 0.15) is 5.56 Å². The number of halogens is 1. The summed E-state index contributed by atoms with van der Waals surface area (Å²) in [7, 11) is 3.72. The van der Waals surface area contributed by atoms with E-state index in [4.69, 9.17) is 17.3 Å². The first-order valence-electron chi connectivity index (χ1n) is 4.09. The molecule has 72 valence electrons. The Morgan fingerprint density at radius 3 is 2.62 bits per heavy atom. The minimum atomic E-state index is 0.595. The Morgan fingerprint density at radius 1 is 1.38 bits per heavy atom. The Bertz CT molecular complexity index is 299. The van der Waals surface area contributed by atoms with Gasteiger partial charge in [-0.15, -0.1) is 0 Å². The first kappa shape index (κ1) is 10.2. The quantitative estimate of drug-likeness (QED) is 0.650. The van der Waals surface area contributed by atoms with E-state index in [9.17, 15) is 0 Å². The van der Waals surface area contributed by atoms with Crippen molar-refractivity contribution in [1.29, 1.82) is 0 Å². The highest BCUT2D eigenvalue weighted by Gasteiger charge is 2.04. The number of hydrogen-bond donors (Lipinski definition) is 3. The van der Waals surface area contributed by atoms with Crippen LogP contribution in [0.25, 0.3) is 0 Å². The number of nitrogen functional groups attached to an aromatic ring is 1. The lowest BCUT2D eigenvalue weighted by Crippen LogP contribution is -2.06. The molecule has 4 heteroatoms. The molecule has 0 saturated heterocycles. The van der Waals surface area contributed by atoms with E-state index in [1.54, 1.807) is 0 Å². The third kappa shape index (κ3) is 2.26. The largest absolute Gasteiger partial charge is 0.396 e. The molecule has 0 aliphatic rings. The molecule has 0 aliphatic heterocycles. The highest BCUT2D eigenvalue weighted by molar-refractivity contribution is 6.33. The molecule has 0 amide bonds. The predicted octanol–water partition coefficient (Wildman–Crippen LogP) is 1.68. The van der Waals surface area contributed by atoms with Crippen LogP contribution in [0, 0.1) is 0 Å². The molecule has 1 aromatic carbocycles. The first-order chi connectivity index (χ1) is 6.19. The predicted molar refractivity (Wildman–Crippen MR) is 58.2 cm³/mol. The number of nitrogens with one attached hydrogen (secondary N) is 2. The third-order valence-electron chi connectivity index (χ3n) is 1.84. The average molecular weight is 200 g/mol. The summed E-state index contributed by atoms with van der Waals surface area (Å²) in [5, 5.41) is 6.65. The van der Waals surface area contributed by atoms with Crippen LogP contribution >= 0.6 is 11.6 Å². The van der Waals surface area contributed by atoms with Crippen molar-refractivity contribution < 1.29 is 0 Å². The molecular formula is C9H14ClN3. The van der Waals surface area contributed by atoms with E-state index in [0.29, 0.717) is 10.7 Å². The van der Waals surface area contributed by atoms with Crippen LogP contribution < -0.4 is 16.4 Å². The van der Waals surface area contributed by atoms with Crippen LogP contribution in [0.15, 0.2) is 12.1 Å². The van der Waals surface area contributed by atoms with Crippen molar-refractivity contribution in [2.45, 2.75) is 6.54 Å². The number of benzene rings is 1. The van der Waals surface area contributed by atoms with Gasteiger partial charge in [0, 0.05) is 13.6 Å². The summed E-state index contributed by atoms with van der Waals surface area (Å²) in [5.41, 5.74) is 8.33. The van der Waals surface area contributed by atoms with Gasteiger partial charge in [-0.1, -0.05) is 11.6 Å². The van der Waals surface area contributed by atoms with Crippen LogP contribution in [0.2, 0.25) is 5.02 Å². The summed E-state index contributed by atoms with van der Waals surface area (Å²) in [6.07, 6.45) is 0. The van der Waals surface area contributed by atoms with E-state index in [2.05, 4.69) is 10.6 Å². The standard InChI is InChI=1S/C9H14ClN3/c1-12-5-6-3-7(10)9(11)8(4-6)13-2/h3-4,12-13H,5,11H2,1-2H3. The molecule has 1 aromatic rings. The molecule has 0 saturated carbocycles. The maximum atomic E-state index is 5.94. The Labute approximate surface area is 83.3 Å². The average Bonchev–Trinajstić information content (AvgIpc) is 2.11.